The van der Waals surface area contributed by atoms with E-state index in [9.17, 15) is 14.0 Å². The van der Waals surface area contributed by atoms with Crippen LogP contribution in [0.15, 0.2) is 41.3 Å². The molecule has 0 N–H and O–H groups in total. The summed E-state index contributed by atoms with van der Waals surface area (Å²) in [4.78, 5) is 27.4. The SMILES string of the molecule is CCOc1cc(/C=C2/SC(=O)N(CC3CCCCC3)C2=O)cc(I)c1OCc1ccc(F)cc1. The smallest absolute Gasteiger partial charge is 0.293 e. The topological polar surface area (TPSA) is 55.8 Å². The summed E-state index contributed by atoms with van der Waals surface area (Å²) in [6, 6.07) is 9.88. The van der Waals surface area contributed by atoms with E-state index in [-0.39, 0.29) is 23.6 Å². The monoisotopic (exact) mass is 595 g/mol. The van der Waals surface area contributed by atoms with Crippen molar-refractivity contribution in [3.8, 4) is 11.5 Å². The summed E-state index contributed by atoms with van der Waals surface area (Å²) in [5.74, 6) is 1.05. The summed E-state index contributed by atoms with van der Waals surface area (Å²) in [5, 5.41) is -0.194. The minimum atomic E-state index is -0.291. The second-order valence-corrected chi connectivity index (χ2v) is 10.6. The molecule has 34 heavy (non-hydrogen) atoms. The number of rotatable bonds is 8. The molecule has 2 amide bonds. The van der Waals surface area contributed by atoms with E-state index < -0.39 is 0 Å². The number of hydrogen-bond acceptors (Lipinski definition) is 5. The van der Waals surface area contributed by atoms with Gasteiger partial charge in [0, 0.05) is 6.54 Å². The quantitative estimate of drug-likeness (QED) is 0.243. The first kappa shape index (κ1) is 25.0. The molecule has 1 aliphatic carbocycles. The molecule has 5 nitrogen and oxygen atoms in total. The Hall–Kier alpha value is -2.07. The van der Waals surface area contributed by atoms with E-state index in [1.54, 1.807) is 18.2 Å². The molecular weight excluding hydrogens is 568 g/mol. The molecule has 2 aromatic rings. The van der Waals surface area contributed by atoms with Gasteiger partial charge in [0.15, 0.2) is 11.5 Å². The number of carbonyl (C=O) groups is 2. The van der Waals surface area contributed by atoms with Gasteiger partial charge in [-0.2, -0.15) is 0 Å². The molecule has 0 spiro atoms. The van der Waals surface area contributed by atoms with Crippen molar-refractivity contribution in [1.29, 1.82) is 0 Å². The predicted octanol–water partition coefficient (Wildman–Crippen LogP) is 7.02. The predicted molar refractivity (Wildman–Crippen MR) is 140 cm³/mol. The number of ether oxygens (including phenoxy) is 2. The maximum absolute atomic E-state index is 13.2. The Bertz CT molecular complexity index is 1080. The lowest BCUT2D eigenvalue weighted by Crippen LogP contribution is -2.34. The van der Waals surface area contributed by atoms with Gasteiger partial charge in [-0.15, -0.1) is 0 Å². The van der Waals surface area contributed by atoms with Crippen LogP contribution in [-0.2, 0) is 11.4 Å². The zero-order chi connectivity index (χ0) is 24.1. The van der Waals surface area contributed by atoms with Crippen LogP contribution in [0.3, 0.4) is 0 Å². The molecule has 0 atom stereocenters. The number of carbonyl (C=O) groups excluding carboxylic acids is 2. The van der Waals surface area contributed by atoms with Crippen LogP contribution >= 0.6 is 34.4 Å². The lowest BCUT2D eigenvalue weighted by Gasteiger charge is -2.25. The van der Waals surface area contributed by atoms with Gasteiger partial charge in [-0.1, -0.05) is 31.4 Å². The van der Waals surface area contributed by atoms with Gasteiger partial charge in [0.1, 0.15) is 12.4 Å². The van der Waals surface area contributed by atoms with Gasteiger partial charge in [-0.05, 0) is 102 Å². The highest BCUT2D eigenvalue weighted by Crippen LogP contribution is 2.38. The van der Waals surface area contributed by atoms with Crippen LogP contribution in [0.25, 0.3) is 6.08 Å². The normalized spacial score (nSPS) is 18.1. The van der Waals surface area contributed by atoms with Crippen molar-refractivity contribution in [3.63, 3.8) is 0 Å². The number of halogens is 2. The molecule has 8 heteroatoms. The molecule has 4 rings (SSSR count). The summed E-state index contributed by atoms with van der Waals surface area (Å²) in [6.45, 7) is 3.12. The van der Waals surface area contributed by atoms with Crippen LogP contribution in [0.2, 0.25) is 0 Å². The Balaban J connectivity index is 1.51. The largest absolute Gasteiger partial charge is 0.490 e. The molecule has 0 unspecified atom stereocenters. The van der Waals surface area contributed by atoms with Crippen molar-refractivity contribution in [3.05, 3.63) is 61.8 Å². The van der Waals surface area contributed by atoms with E-state index in [1.807, 2.05) is 19.1 Å². The van der Waals surface area contributed by atoms with Crippen LogP contribution in [-0.4, -0.2) is 29.2 Å². The number of benzene rings is 2. The molecule has 1 saturated carbocycles. The third kappa shape index (κ3) is 6.13. The number of imide groups is 1. The fraction of sp³-hybridized carbons (Fsp3) is 0.385. The fourth-order valence-corrected chi connectivity index (χ4v) is 5.88. The van der Waals surface area contributed by atoms with Crippen molar-refractivity contribution in [2.45, 2.75) is 45.6 Å². The summed E-state index contributed by atoms with van der Waals surface area (Å²) >= 11 is 3.17. The van der Waals surface area contributed by atoms with Gasteiger partial charge in [0.25, 0.3) is 11.1 Å². The van der Waals surface area contributed by atoms with Gasteiger partial charge in [-0.3, -0.25) is 14.5 Å². The third-order valence-electron chi connectivity index (χ3n) is 5.96. The van der Waals surface area contributed by atoms with Crippen LogP contribution in [0.1, 0.15) is 50.2 Å². The molecule has 1 aliphatic heterocycles. The Labute approximate surface area is 217 Å². The molecule has 1 heterocycles. The average Bonchev–Trinajstić information content (AvgIpc) is 3.08. The second-order valence-electron chi connectivity index (χ2n) is 8.47. The fourth-order valence-electron chi connectivity index (χ4n) is 4.25. The molecule has 0 bridgehead atoms. The second kappa shape index (κ2) is 11.6. The first-order valence-electron chi connectivity index (χ1n) is 11.5. The molecular formula is C26H27FINO4S. The van der Waals surface area contributed by atoms with Gasteiger partial charge < -0.3 is 9.47 Å². The maximum atomic E-state index is 13.2. The lowest BCUT2D eigenvalue weighted by molar-refractivity contribution is -0.123. The van der Waals surface area contributed by atoms with Crippen molar-refractivity contribution in [2.24, 2.45) is 5.92 Å². The summed E-state index contributed by atoms with van der Waals surface area (Å²) in [7, 11) is 0. The van der Waals surface area contributed by atoms with Gasteiger partial charge in [0.2, 0.25) is 0 Å². The Morgan fingerprint density at radius 2 is 1.85 bits per heavy atom. The average molecular weight is 595 g/mol. The van der Waals surface area contributed by atoms with E-state index in [4.69, 9.17) is 9.47 Å². The zero-order valence-electron chi connectivity index (χ0n) is 19.0. The van der Waals surface area contributed by atoms with E-state index in [0.717, 1.165) is 39.3 Å². The Morgan fingerprint density at radius 3 is 2.56 bits per heavy atom. The van der Waals surface area contributed by atoms with Crippen molar-refractivity contribution in [2.75, 3.05) is 13.2 Å². The van der Waals surface area contributed by atoms with E-state index in [2.05, 4.69) is 22.6 Å². The standard InChI is InChI=1S/C26H27FINO4S/c1-2-32-22-13-19(12-21(28)24(22)33-16-18-8-10-20(27)11-9-18)14-23-25(30)29(26(31)34-23)15-17-6-4-3-5-7-17/h8-14,17H,2-7,15-16H2,1H3/b23-14+. The minimum absolute atomic E-state index is 0.194. The van der Waals surface area contributed by atoms with Crippen LogP contribution in [0.4, 0.5) is 9.18 Å². The molecule has 2 aliphatic rings. The van der Waals surface area contributed by atoms with E-state index in [1.165, 1.54) is 36.3 Å². The van der Waals surface area contributed by atoms with E-state index >= 15 is 0 Å². The van der Waals surface area contributed by atoms with Crippen LogP contribution in [0, 0.1) is 15.3 Å². The minimum Gasteiger partial charge on any atom is -0.490 e. The Morgan fingerprint density at radius 1 is 1.12 bits per heavy atom. The number of amides is 2. The van der Waals surface area contributed by atoms with Crippen molar-refractivity contribution < 1.29 is 23.5 Å². The zero-order valence-corrected chi connectivity index (χ0v) is 22.0. The lowest BCUT2D eigenvalue weighted by atomic mass is 9.89. The highest BCUT2D eigenvalue weighted by atomic mass is 127. The summed E-state index contributed by atoms with van der Waals surface area (Å²) in [6.07, 6.45) is 7.49. The highest BCUT2D eigenvalue weighted by molar-refractivity contribution is 14.1. The van der Waals surface area contributed by atoms with Crippen molar-refractivity contribution in [1.82, 2.24) is 4.90 Å². The van der Waals surface area contributed by atoms with E-state index in [0.29, 0.717) is 35.5 Å². The maximum Gasteiger partial charge on any atom is 0.293 e. The third-order valence-corrected chi connectivity index (χ3v) is 7.67. The number of nitrogens with zero attached hydrogens (tertiary/aromatic N) is 1. The molecule has 2 fully saturated rings. The first-order valence-corrected chi connectivity index (χ1v) is 13.4. The van der Waals surface area contributed by atoms with Crippen molar-refractivity contribution >= 4 is 51.6 Å². The molecule has 0 aromatic heterocycles. The molecule has 0 radical (unpaired) electrons. The van der Waals surface area contributed by atoms with Gasteiger partial charge in [0.05, 0.1) is 15.1 Å². The number of hydrogen-bond donors (Lipinski definition) is 0. The Kier molecular flexibility index (Phi) is 8.52. The van der Waals surface area contributed by atoms with Crippen LogP contribution < -0.4 is 9.47 Å². The highest BCUT2D eigenvalue weighted by Gasteiger charge is 2.36. The van der Waals surface area contributed by atoms with Gasteiger partial charge >= 0.3 is 0 Å². The first-order chi connectivity index (χ1) is 16.4. The molecule has 180 valence electrons. The number of thioether (sulfide) groups is 1. The summed E-state index contributed by atoms with van der Waals surface area (Å²) < 4.78 is 25.8. The molecule has 2 aromatic carbocycles. The molecule has 1 saturated heterocycles. The van der Waals surface area contributed by atoms with Crippen LogP contribution in [0.5, 0.6) is 11.5 Å². The van der Waals surface area contributed by atoms with Gasteiger partial charge in [-0.25, -0.2) is 4.39 Å². The summed E-state index contributed by atoms with van der Waals surface area (Å²) in [5.41, 5.74) is 1.61.